The van der Waals surface area contributed by atoms with E-state index in [0.29, 0.717) is 24.7 Å². The Bertz CT molecular complexity index is 675. The summed E-state index contributed by atoms with van der Waals surface area (Å²) in [4.78, 5) is 23.3. The molecule has 132 valence electrons. The molecule has 2 rings (SSSR count). The first-order valence-electron chi connectivity index (χ1n) is 8.56. The van der Waals surface area contributed by atoms with Crippen LogP contribution in [0.25, 0.3) is 11.1 Å². The van der Waals surface area contributed by atoms with E-state index in [0.717, 1.165) is 11.1 Å². The topological polar surface area (TPSA) is 52.6 Å². The molecular weight excluding hydrogens is 316 g/mol. The first-order chi connectivity index (χ1) is 12.0. The van der Waals surface area contributed by atoms with Crippen LogP contribution in [0, 0.1) is 5.92 Å². The van der Waals surface area contributed by atoms with Gasteiger partial charge in [0.15, 0.2) is 0 Å². The Kier molecular flexibility index (Phi) is 7.20. The van der Waals surface area contributed by atoms with Crippen LogP contribution in [0.1, 0.15) is 33.1 Å². The third kappa shape index (κ3) is 6.79. The van der Waals surface area contributed by atoms with Crippen molar-refractivity contribution in [1.29, 1.82) is 0 Å². The van der Waals surface area contributed by atoms with E-state index in [1.807, 2.05) is 56.3 Å². The maximum Gasteiger partial charge on any atom is 0.311 e. The molecule has 0 aromatic heterocycles. The monoisotopic (exact) mass is 340 g/mol. The van der Waals surface area contributed by atoms with E-state index in [9.17, 15) is 9.59 Å². The number of hydrogen-bond donors (Lipinski definition) is 0. The average molecular weight is 340 g/mol. The van der Waals surface area contributed by atoms with Gasteiger partial charge in [-0.1, -0.05) is 56.3 Å². The smallest absolute Gasteiger partial charge is 0.311 e. The molecular formula is C21H24O4. The standard InChI is InChI=1S/C21H24O4/c1-16(2)15-24-20(22)9-6-10-21(23)25-19-13-11-18(12-14-19)17-7-4-3-5-8-17/h3-5,7-8,11-14,16H,6,9-10,15H2,1-2H3. The Balaban J connectivity index is 1.74. The molecule has 0 bridgehead atoms. The third-order valence-electron chi connectivity index (χ3n) is 3.53. The Hall–Kier alpha value is -2.62. The molecule has 0 spiro atoms. The van der Waals surface area contributed by atoms with Crippen LogP contribution in [0.3, 0.4) is 0 Å². The maximum absolute atomic E-state index is 11.8. The van der Waals surface area contributed by atoms with Gasteiger partial charge < -0.3 is 9.47 Å². The van der Waals surface area contributed by atoms with Gasteiger partial charge in [-0.2, -0.15) is 0 Å². The summed E-state index contributed by atoms with van der Waals surface area (Å²) in [6.45, 7) is 4.37. The quantitative estimate of drug-likeness (QED) is 0.519. The SMILES string of the molecule is CC(C)COC(=O)CCCC(=O)Oc1ccc(-c2ccccc2)cc1. The van der Waals surface area contributed by atoms with Gasteiger partial charge in [0.2, 0.25) is 0 Å². The summed E-state index contributed by atoms with van der Waals surface area (Å²) in [7, 11) is 0. The molecule has 4 nitrogen and oxygen atoms in total. The summed E-state index contributed by atoms with van der Waals surface area (Å²) in [5, 5.41) is 0. The molecule has 2 aromatic rings. The molecule has 2 aromatic carbocycles. The van der Waals surface area contributed by atoms with Crippen LogP contribution in [0.4, 0.5) is 0 Å². The summed E-state index contributed by atoms with van der Waals surface area (Å²) in [5.41, 5.74) is 2.17. The van der Waals surface area contributed by atoms with Crippen molar-refractivity contribution in [3.63, 3.8) is 0 Å². The van der Waals surface area contributed by atoms with Crippen LogP contribution < -0.4 is 4.74 Å². The highest BCUT2D eigenvalue weighted by molar-refractivity contribution is 5.74. The molecule has 4 heteroatoms. The van der Waals surface area contributed by atoms with E-state index in [-0.39, 0.29) is 24.8 Å². The molecule has 0 heterocycles. The molecule has 0 aliphatic rings. The molecule has 0 atom stereocenters. The van der Waals surface area contributed by atoms with Crippen molar-refractivity contribution in [2.45, 2.75) is 33.1 Å². The first kappa shape index (κ1) is 18.7. The second kappa shape index (κ2) is 9.62. The number of esters is 2. The second-order valence-corrected chi connectivity index (χ2v) is 6.29. The minimum Gasteiger partial charge on any atom is -0.465 e. The van der Waals surface area contributed by atoms with Crippen molar-refractivity contribution >= 4 is 11.9 Å². The lowest BCUT2D eigenvalue weighted by atomic mass is 10.1. The van der Waals surface area contributed by atoms with Crippen LogP contribution in [-0.2, 0) is 14.3 Å². The van der Waals surface area contributed by atoms with Crippen molar-refractivity contribution in [1.82, 2.24) is 0 Å². The Morgan fingerprint density at radius 1 is 0.840 bits per heavy atom. The summed E-state index contributed by atoms with van der Waals surface area (Å²) >= 11 is 0. The molecule has 0 amide bonds. The molecule has 0 N–H and O–H groups in total. The molecule has 0 saturated heterocycles. The fraction of sp³-hybridized carbons (Fsp3) is 0.333. The van der Waals surface area contributed by atoms with Crippen molar-refractivity contribution < 1.29 is 19.1 Å². The minimum absolute atomic E-state index is 0.192. The second-order valence-electron chi connectivity index (χ2n) is 6.29. The van der Waals surface area contributed by atoms with Crippen molar-refractivity contribution in [2.75, 3.05) is 6.61 Å². The number of rotatable bonds is 8. The zero-order valence-corrected chi connectivity index (χ0v) is 14.7. The van der Waals surface area contributed by atoms with Crippen LogP contribution in [0.15, 0.2) is 54.6 Å². The number of hydrogen-bond acceptors (Lipinski definition) is 4. The maximum atomic E-state index is 11.8. The molecule has 0 fully saturated rings. The van der Waals surface area contributed by atoms with Gasteiger partial charge in [0.05, 0.1) is 6.61 Å². The van der Waals surface area contributed by atoms with E-state index in [4.69, 9.17) is 9.47 Å². The third-order valence-corrected chi connectivity index (χ3v) is 3.53. The van der Waals surface area contributed by atoms with Crippen LogP contribution in [0.2, 0.25) is 0 Å². The molecule has 25 heavy (non-hydrogen) atoms. The molecule has 0 radical (unpaired) electrons. The van der Waals surface area contributed by atoms with E-state index < -0.39 is 0 Å². The largest absolute Gasteiger partial charge is 0.465 e. The van der Waals surface area contributed by atoms with Gasteiger partial charge in [0.1, 0.15) is 5.75 Å². The first-order valence-corrected chi connectivity index (χ1v) is 8.56. The summed E-state index contributed by atoms with van der Waals surface area (Å²) in [6, 6.07) is 17.4. The number of carbonyl (C=O) groups excluding carboxylic acids is 2. The molecule has 0 aliphatic heterocycles. The lowest BCUT2D eigenvalue weighted by molar-refractivity contribution is -0.145. The molecule has 0 saturated carbocycles. The number of benzene rings is 2. The Labute approximate surface area is 148 Å². The van der Waals surface area contributed by atoms with Gasteiger partial charge >= 0.3 is 11.9 Å². The Morgan fingerprint density at radius 2 is 1.44 bits per heavy atom. The fourth-order valence-corrected chi connectivity index (χ4v) is 2.24. The van der Waals surface area contributed by atoms with Gasteiger partial charge in [-0.3, -0.25) is 9.59 Å². The van der Waals surface area contributed by atoms with E-state index >= 15 is 0 Å². The van der Waals surface area contributed by atoms with Gasteiger partial charge in [-0.15, -0.1) is 0 Å². The predicted octanol–water partition coefficient (Wildman–Crippen LogP) is 4.63. The van der Waals surface area contributed by atoms with Gasteiger partial charge in [0, 0.05) is 12.8 Å². The van der Waals surface area contributed by atoms with Crippen molar-refractivity contribution in [2.24, 2.45) is 5.92 Å². The van der Waals surface area contributed by atoms with Gasteiger partial charge in [0.25, 0.3) is 0 Å². The zero-order chi connectivity index (χ0) is 18.1. The minimum atomic E-state index is -0.343. The fourth-order valence-electron chi connectivity index (χ4n) is 2.24. The summed E-state index contributed by atoms with van der Waals surface area (Å²) in [6.07, 6.45) is 0.851. The van der Waals surface area contributed by atoms with Crippen molar-refractivity contribution in [3.8, 4) is 16.9 Å². The summed E-state index contributed by atoms with van der Waals surface area (Å²) < 4.78 is 10.4. The van der Waals surface area contributed by atoms with E-state index in [1.54, 1.807) is 12.1 Å². The molecule has 0 aliphatic carbocycles. The van der Waals surface area contributed by atoms with Crippen LogP contribution >= 0.6 is 0 Å². The highest BCUT2D eigenvalue weighted by Gasteiger charge is 2.09. The van der Waals surface area contributed by atoms with E-state index in [2.05, 4.69) is 0 Å². The highest BCUT2D eigenvalue weighted by Crippen LogP contribution is 2.22. The van der Waals surface area contributed by atoms with Crippen LogP contribution in [-0.4, -0.2) is 18.5 Å². The molecule has 0 unspecified atom stereocenters. The average Bonchev–Trinajstić information content (AvgIpc) is 2.61. The predicted molar refractivity (Wildman–Crippen MR) is 97.2 cm³/mol. The van der Waals surface area contributed by atoms with Gasteiger partial charge in [-0.05, 0) is 35.6 Å². The lowest BCUT2D eigenvalue weighted by Crippen LogP contribution is -2.12. The van der Waals surface area contributed by atoms with E-state index in [1.165, 1.54) is 0 Å². The zero-order valence-electron chi connectivity index (χ0n) is 14.7. The normalized spacial score (nSPS) is 10.5. The van der Waals surface area contributed by atoms with Crippen LogP contribution in [0.5, 0.6) is 5.75 Å². The highest BCUT2D eigenvalue weighted by atomic mass is 16.5. The number of carbonyl (C=O) groups is 2. The van der Waals surface area contributed by atoms with Gasteiger partial charge in [-0.25, -0.2) is 0 Å². The van der Waals surface area contributed by atoms with Crippen molar-refractivity contribution in [3.05, 3.63) is 54.6 Å². The Morgan fingerprint density at radius 3 is 2.08 bits per heavy atom. The lowest BCUT2D eigenvalue weighted by Gasteiger charge is -2.07. The number of ether oxygens (including phenoxy) is 2. The summed E-state index contributed by atoms with van der Waals surface area (Å²) in [5.74, 6) is 0.206.